The van der Waals surface area contributed by atoms with Crippen LogP contribution >= 0.6 is 0 Å². The van der Waals surface area contributed by atoms with E-state index in [1.807, 2.05) is 36.4 Å². The third-order valence-electron chi connectivity index (χ3n) is 3.55. The summed E-state index contributed by atoms with van der Waals surface area (Å²) in [4.78, 5) is 0. The zero-order valence-corrected chi connectivity index (χ0v) is 12.2. The predicted molar refractivity (Wildman–Crippen MR) is 82.1 cm³/mol. The number of hydrogen-bond donors (Lipinski definition) is 1. The van der Waals surface area contributed by atoms with Gasteiger partial charge in [0.05, 0.1) is 7.11 Å². The molecule has 2 aromatic carbocycles. The molecule has 0 heterocycles. The van der Waals surface area contributed by atoms with Crippen molar-refractivity contribution in [2.24, 2.45) is 0 Å². The van der Waals surface area contributed by atoms with E-state index < -0.39 is 6.10 Å². The molecule has 0 radical (unpaired) electrons. The Morgan fingerprint density at radius 2 is 1.50 bits per heavy atom. The van der Waals surface area contributed by atoms with E-state index in [0.717, 1.165) is 23.3 Å². The number of unbranched alkanes of at least 4 members (excludes halogenated alkanes) is 1. The van der Waals surface area contributed by atoms with Crippen molar-refractivity contribution in [3.63, 3.8) is 0 Å². The van der Waals surface area contributed by atoms with Crippen molar-refractivity contribution in [3.05, 3.63) is 65.2 Å². The van der Waals surface area contributed by atoms with Crippen molar-refractivity contribution < 1.29 is 9.84 Å². The quantitative estimate of drug-likeness (QED) is 0.855. The highest BCUT2D eigenvalue weighted by molar-refractivity contribution is 5.35. The Bertz CT molecular complexity index is 514. The van der Waals surface area contributed by atoms with Crippen LogP contribution in [0.1, 0.15) is 42.6 Å². The monoisotopic (exact) mass is 270 g/mol. The van der Waals surface area contributed by atoms with Crippen molar-refractivity contribution in [2.45, 2.75) is 32.3 Å². The summed E-state index contributed by atoms with van der Waals surface area (Å²) in [6.07, 6.45) is 2.94. The highest BCUT2D eigenvalue weighted by atomic mass is 16.5. The van der Waals surface area contributed by atoms with Gasteiger partial charge in [-0.25, -0.2) is 0 Å². The fourth-order valence-electron chi connectivity index (χ4n) is 2.23. The van der Waals surface area contributed by atoms with Crippen LogP contribution in [0.4, 0.5) is 0 Å². The minimum atomic E-state index is -0.582. The van der Waals surface area contributed by atoms with E-state index in [9.17, 15) is 5.11 Å². The third-order valence-corrected chi connectivity index (χ3v) is 3.55. The van der Waals surface area contributed by atoms with E-state index in [1.54, 1.807) is 7.11 Å². The van der Waals surface area contributed by atoms with E-state index in [4.69, 9.17) is 4.74 Å². The maximum Gasteiger partial charge on any atom is 0.118 e. The molecular weight excluding hydrogens is 248 g/mol. The molecule has 0 aliphatic rings. The number of methoxy groups -OCH3 is 1. The standard InChI is InChI=1S/C18H22O2/c1-3-4-5-14-6-8-15(9-7-14)18(19)16-10-12-17(20-2)13-11-16/h6-13,18-19H,3-5H2,1-2H3. The van der Waals surface area contributed by atoms with Gasteiger partial charge in [-0.3, -0.25) is 0 Å². The summed E-state index contributed by atoms with van der Waals surface area (Å²) in [5, 5.41) is 10.4. The molecule has 0 aliphatic heterocycles. The van der Waals surface area contributed by atoms with Crippen LogP contribution in [0.15, 0.2) is 48.5 Å². The van der Waals surface area contributed by atoms with Crippen LogP contribution in [0, 0.1) is 0 Å². The van der Waals surface area contributed by atoms with Crippen LogP contribution in [-0.4, -0.2) is 12.2 Å². The second kappa shape index (κ2) is 7.11. The average molecular weight is 270 g/mol. The van der Waals surface area contributed by atoms with Crippen molar-refractivity contribution in [2.75, 3.05) is 7.11 Å². The molecule has 2 rings (SSSR count). The molecule has 106 valence electrons. The molecule has 20 heavy (non-hydrogen) atoms. The van der Waals surface area contributed by atoms with Crippen LogP contribution in [0.3, 0.4) is 0 Å². The Morgan fingerprint density at radius 1 is 0.950 bits per heavy atom. The second-order valence-electron chi connectivity index (χ2n) is 5.02. The molecule has 2 heteroatoms. The molecule has 0 amide bonds. The number of aliphatic hydroxyl groups excluding tert-OH is 1. The van der Waals surface area contributed by atoms with Gasteiger partial charge < -0.3 is 9.84 Å². The number of aryl methyl sites for hydroxylation is 1. The van der Waals surface area contributed by atoms with Crippen LogP contribution in [0.5, 0.6) is 5.75 Å². The first-order valence-corrected chi connectivity index (χ1v) is 7.15. The van der Waals surface area contributed by atoms with E-state index >= 15 is 0 Å². The number of hydrogen-bond acceptors (Lipinski definition) is 2. The third kappa shape index (κ3) is 3.61. The van der Waals surface area contributed by atoms with Gasteiger partial charge in [-0.15, -0.1) is 0 Å². The maximum atomic E-state index is 10.4. The van der Waals surface area contributed by atoms with Gasteiger partial charge in [0.15, 0.2) is 0 Å². The minimum Gasteiger partial charge on any atom is -0.497 e. The lowest BCUT2D eigenvalue weighted by atomic mass is 9.99. The van der Waals surface area contributed by atoms with Gasteiger partial charge in [-0.05, 0) is 41.7 Å². The molecule has 1 atom stereocenters. The summed E-state index contributed by atoms with van der Waals surface area (Å²) in [6.45, 7) is 2.20. The molecule has 0 saturated carbocycles. The highest BCUT2D eigenvalue weighted by Crippen LogP contribution is 2.24. The van der Waals surface area contributed by atoms with Crippen LogP contribution in [-0.2, 0) is 6.42 Å². The van der Waals surface area contributed by atoms with Crippen molar-refractivity contribution in [3.8, 4) is 5.75 Å². The van der Waals surface area contributed by atoms with E-state index in [2.05, 4.69) is 19.1 Å². The highest BCUT2D eigenvalue weighted by Gasteiger charge is 2.10. The molecule has 0 spiro atoms. The molecular formula is C18H22O2. The number of ether oxygens (including phenoxy) is 1. The Kier molecular flexibility index (Phi) is 5.19. The van der Waals surface area contributed by atoms with E-state index in [-0.39, 0.29) is 0 Å². The lowest BCUT2D eigenvalue weighted by Gasteiger charge is -2.12. The number of aliphatic hydroxyl groups is 1. The first-order chi connectivity index (χ1) is 9.74. The van der Waals surface area contributed by atoms with Crippen LogP contribution < -0.4 is 4.74 Å². The number of rotatable bonds is 6. The molecule has 2 nitrogen and oxygen atoms in total. The van der Waals surface area contributed by atoms with Gasteiger partial charge in [-0.1, -0.05) is 49.7 Å². The average Bonchev–Trinajstić information content (AvgIpc) is 2.53. The summed E-state index contributed by atoms with van der Waals surface area (Å²) >= 11 is 0. The topological polar surface area (TPSA) is 29.5 Å². The zero-order valence-electron chi connectivity index (χ0n) is 12.2. The summed E-state index contributed by atoms with van der Waals surface area (Å²) in [6, 6.07) is 15.8. The fourth-order valence-corrected chi connectivity index (χ4v) is 2.23. The van der Waals surface area contributed by atoms with Gasteiger partial charge in [0.25, 0.3) is 0 Å². The van der Waals surface area contributed by atoms with E-state index in [0.29, 0.717) is 0 Å². The van der Waals surface area contributed by atoms with Crippen molar-refractivity contribution >= 4 is 0 Å². The molecule has 0 saturated heterocycles. The summed E-state index contributed by atoms with van der Waals surface area (Å²) < 4.78 is 5.13. The van der Waals surface area contributed by atoms with Gasteiger partial charge in [0.1, 0.15) is 11.9 Å². The summed E-state index contributed by atoms with van der Waals surface area (Å²) in [5.74, 6) is 0.802. The second-order valence-corrected chi connectivity index (χ2v) is 5.02. The van der Waals surface area contributed by atoms with Gasteiger partial charge in [0, 0.05) is 0 Å². The van der Waals surface area contributed by atoms with E-state index in [1.165, 1.54) is 18.4 Å². The van der Waals surface area contributed by atoms with Crippen LogP contribution in [0.25, 0.3) is 0 Å². The summed E-state index contributed by atoms with van der Waals surface area (Å²) in [5.41, 5.74) is 3.14. The molecule has 0 bridgehead atoms. The SMILES string of the molecule is CCCCc1ccc(C(O)c2ccc(OC)cc2)cc1. The van der Waals surface area contributed by atoms with Gasteiger partial charge in [0.2, 0.25) is 0 Å². The van der Waals surface area contributed by atoms with Crippen molar-refractivity contribution in [1.29, 1.82) is 0 Å². The molecule has 0 fully saturated rings. The Labute approximate surface area is 121 Å². The Morgan fingerprint density at radius 3 is 2.00 bits per heavy atom. The predicted octanol–water partition coefficient (Wildman–Crippen LogP) is 4.12. The zero-order chi connectivity index (χ0) is 14.4. The first-order valence-electron chi connectivity index (χ1n) is 7.15. The fraction of sp³-hybridized carbons (Fsp3) is 0.333. The number of benzene rings is 2. The lowest BCUT2D eigenvalue weighted by Crippen LogP contribution is -2.00. The molecule has 0 aromatic heterocycles. The molecule has 1 unspecified atom stereocenters. The molecule has 0 aliphatic carbocycles. The minimum absolute atomic E-state index is 0.582. The van der Waals surface area contributed by atoms with Gasteiger partial charge >= 0.3 is 0 Å². The molecule has 1 N–H and O–H groups in total. The summed E-state index contributed by atoms with van der Waals surface area (Å²) in [7, 11) is 1.64. The molecule has 2 aromatic rings. The maximum absolute atomic E-state index is 10.4. The largest absolute Gasteiger partial charge is 0.497 e. The Hall–Kier alpha value is -1.80. The van der Waals surface area contributed by atoms with Crippen LogP contribution in [0.2, 0.25) is 0 Å². The van der Waals surface area contributed by atoms with Crippen molar-refractivity contribution in [1.82, 2.24) is 0 Å². The van der Waals surface area contributed by atoms with Gasteiger partial charge in [-0.2, -0.15) is 0 Å². The normalized spacial score (nSPS) is 12.2. The smallest absolute Gasteiger partial charge is 0.118 e. The lowest BCUT2D eigenvalue weighted by molar-refractivity contribution is 0.220. The first kappa shape index (κ1) is 14.6. The Balaban J connectivity index is 2.09.